The lowest BCUT2D eigenvalue weighted by atomic mass is 9.76. The Kier molecular flexibility index (Phi) is 5.81. The number of hydrogen-bond acceptors (Lipinski definition) is 2. The lowest BCUT2D eigenvalue weighted by molar-refractivity contribution is 0.410. The molecule has 0 aromatic heterocycles. The monoisotopic (exact) mass is 360 g/mol. The average molecular weight is 360 g/mol. The number of rotatable bonds is 2. The summed E-state index contributed by atoms with van der Waals surface area (Å²) in [7, 11) is -2.84. The van der Waals surface area contributed by atoms with E-state index in [2.05, 4.69) is 58.2 Å². The molecule has 4 heteroatoms. The van der Waals surface area contributed by atoms with Gasteiger partial charge in [0.05, 0.1) is 0 Å². The van der Waals surface area contributed by atoms with Crippen LogP contribution >= 0.6 is 8.25 Å². The van der Waals surface area contributed by atoms with Gasteiger partial charge in [0.2, 0.25) is 0 Å². The minimum atomic E-state index is -2.84. The maximum atomic E-state index is 10.1. The summed E-state index contributed by atoms with van der Waals surface area (Å²) in [6.45, 7) is 13.9. The SMILES string of the molecule is CC(C)(C)C1=CC2=CC(C(C)(C)C)=C1C2.O=[PH](O)Oc1ccccc1. The number of para-hydroxylation sites is 1. The van der Waals surface area contributed by atoms with Gasteiger partial charge in [-0.15, -0.1) is 0 Å². The molecule has 2 aliphatic carbocycles. The zero-order valence-electron chi connectivity index (χ0n) is 16.0. The third kappa shape index (κ3) is 5.20. The molecule has 25 heavy (non-hydrogen) atoms. The largest absolute Gasteiger partial charge is 0.426 e. The number of fused-ring (bicyclic) bond motifs is 2. The Labute approximate surface area is 152 Å². The fraction of sp³-hybridized carbons (Fsp3) is 0.429. The van der Waals surface area contributed by atoms with Crippen LogP contribution in [0.3, 0.4) is 0 Å². The second-order valence-electron chi connectivity index (χ2n) is 8.53. The van der Waals surface area contributed by atoms with E-state index < -0.39 is 8.25 Å². The van der Waals surface area contributed by atoms with Crippen LogP contribution in [-0.2, 0) is 4.57 Å². The van der Waals surface area contributed by atoms with Gasteiger partial charge in [-0.05, 0) is 51.7 Å². The highest BCUT2D eigenvalue weighted by atomic mass is 31.1. The highest BCUT2D eigenvalue weighted by Gasteiger charge is 2.34. The van der Waals surface area contributed by atoms with Gasteiger partial charge >= 0.3 is 8.25 Å². The van der Waals surface area contributed by atoms with Gasteiger partial charge in [-0.1, -0.05) is 71.9 Å². The van der Waals surface area contributed by atoms with E-state index in [4.69, 9.17) is 4.89 Å². The molecule has 3 rings (SSSR count). The van der Waals surface area contributed by atoms with E-state index in [0.29, 0.717) is 16.6 Å². The smallest absolute Gasteiger partial charge is 0.365 e. The molecule has 1 atom stereocenters. The average Bonchev–Trinajstić information content (AvgIpc) is 3.07. The fourth-order valence-corrected chi connectivity index (χ4v) is 3.49. The summed E-state index contributed by atoms with van der Waals surface area (Å²) in [6.07, 6.45) is 5.97. The Morgan fingerprint density at radius 2 is 1.56 bits per heavy atom. The highest BCUT2D eigenvalue weighted by Crippen LogP contribution is 2.50. The van der Waals surface area contributed by atoms with Crippen LogP contribution in [0.4, 0.5) is 0 Å². The summed E-state index contributed by atoms with van der Waals surface area (Å²) < 4.78 is 14.6. The van der Waals surface area contributed by atoms with Crippen LogP contribution in [0.5, 0.6) is 5.75 Å². The van der Waals surface area contributed by atoms with Crippen LogP contribution in [0.1, 0.15) is 48.0 Å². The second kappa shape index (κ2) is 7.35. The molecule has 0 amide bonds. The standard InChI is InChI=1S/C15H22.C6H7O3P/c1-14(2,3)12-8-10-7-11(12)13(9-10)15(4,5)6;7-10(8)9-6-4-2-1-3-5-6/h8-9H,7H2,1-6H3;1-5,10H,(H,7,8). The second-order valence-corrected chi connectivity index (χ2v) is 9.26. The van der Waals surface area contributed by atoms with Gasteiger partial charge in [-0.3, -0.25) is 0 Å². The molecule has 0 spiro atoms. The van der Waals surface area contributed by atoms with Crippen LogP contribution < -0.4 is 4.52 Å². The summed E-state index contributed by atoms with van der Waals surface area (Å²) in [5, 5.41) is 0. The van der Waals surface area contributed by atoms with Gasteiger partial charge in [0, 0.05) is 0 Å². The van der Waals surface area contributed by atoms with Crippen LogP contribution in [0.25, 0.3) is 0 Å². The molecule has 2 bridgehead atoms. The van der Waals surface area contributed by atoms with Crippen molar-refractivity contribution in [3.05, 3.63) is 64.8 Å². The van der Waals surface area contributed by atoms with Gasteiger partial charge in [0.15, 0.2) is 0 Å². The molecule has 2 aliphatic rings. The molecule has 1 N–H and O–H groups in total. The molecule has 0 heterocycles. The molecule has 0 fully saturated rings. The highest BCUT2D eigenvalue weighted by molar-refractivity contribution is 7.32. The van der Waals surface area contributed by atoms with Crippen LogP contribution in [0.2, 0.25) is 0 Å². The van der Waals surface area contributed by atoms with Crippen LogP contribution in [0.15, 0.2) is 64.8 Å². The van der Waals surface area contributed by atoms with E-state index in [1.54, 1.807) is 47.1 Å². The van der Waals surface area contributed by atoms with Crippen molar-refractivity contribution in [2.45, 2.75) is 48.0 Å². The maximum absolute atomic E-state index is 10.1. The molecule has 0 saturated heterocycles. The number of hydrogen-bond donors (Lipinski definition) is 1. The fourth-order valence-electron chi connectivity index (χ4n) is 3.16. The van der Waals surface area contributed by atoms with Crippen molar-refractivity contribution < 1.29 is 14.0 Å². The Bertz CT molecular complexity index is 742. The van der Waals surface area contributed by atoms with E-state index in [0.717, 1.165) is 0 Å². The van der Waals surface area contributed by atoms with E-state index in [1.807, 2.05) is 0 Å². The molecule has 0 radical (unpaired) electrons. The summed E-state index contributed by atoms with van der Waals surface area (Å²) in [4.78, 5) is 8.33. The van der Waals surface area contributed by atoms with Crippen molar-refractivity contribution in [2.75, 3.05) is 0 Å². The lowest BCUT2D eigenvalue weighted by Crippen LogP contribution is -2.15. The molecule has 136 valence electrons. The molecule has 0 aliphatic heterocycles. The number of allylic oxidation sites excluding steroid dienone is 6. The maximum Gasteiger partial charge on any atom is 0.365 e. The summed E-state index contributed by atoms with van der Waals surface area (Å²) in [5.41, 5.74) is 6.82. The summed E-state index contributed by atoms with van der Waals surface area (Å²) in [6, 6.07) is 8.53. The Hall–Kier alpha value is -1.57. The molecule has 3 nitrogen and oxygen atoms in total. The zero-order chi connectivity index (χ0) is 18.8. The Morgan fingerprint density at radius 3 is 2.00 bits per heavy atom. The van der Waals surface area contributed by atoms with Crippen molar-refractivity contribution in [1.82, 2.24) is 0 Å². The van der Waals surface area contributed by atoms with Crippen molar-refractivity contribution in [2.24, 2.45) is 10.8 Å². The molecule has 1 aromatic rings. The van der Waals surface area contributed by atoms with Crippen molar-refractivity contribution >= 4 is 8.25 Å². The quantitative estimate of drug-likeness (QED) is 0.649. The third-order valence-corrected chi connectivity index (χ3v) is 4.67. The van der Waals surface area contributed by atoms with Gasteiger partial charge < -0.3 is 9.42 Å². The first kappa shape index (κ1) is 19.8. The van der Waals surface area contributed by atoms with Crippen molar-refractivity contribution in [3.63, 3.8) is 0 Å². The molecular formula is C21H29O3P. The van der Waals surface area contributed by atoms with E-state index in [9.17, 15) is 4.57 Å². The molecular weight excluding hydrogens is 331 g/mol. The van der Waals surface area contributed by atoms with Crippen molar-refractivity contribution in [1.29, 1.82) is 0 Å². The minimum Gasteiger partial charge on any atom is -0.426 e. The lowest BCUT2D eigenvalue weighted by Gasteiger charge is -2.28. The third-order valence-electron chi connectivity index (χ3n) is 4.25. The number of benzene rings is 1. The van der Waals surface area contributed by atoms with Gasteiger partial charge in [0.1, 0.15) is 5.75 Å². The first-order valence-corrected chi connectivity index (χ1v) is 9.87. The topological polar surface area (TPSA) is 46.5 Å². The van der Waals surface area contributed by atoms with Crippen molar-refractivity contribution in [3.8, 4) is 5.75 Å². The van der Waals surface area contributed by atoms with Gasteiger partial charge in [-0.25, -0.2) is 4.57 Å². The predicted molar refractivity (Wildman–Crippen MR) is 105 cm³/mol. The molecule has 1 unspecified atom stereocenters. The normalized spacial score (nSPS) is 17.6. The Morgan fingerprint density at radius 1 is 0.960 bits per heavy atom. The molecule has 1 aromatic carbocycles. The Balaban J connectivity index is 0.000000196. The van der Waals surface area contributed by atoms with E-state index in [1.165, 1.54) is 12.0 Å². The van der Waals surface area contributed by atoms with Gasteiger partial charge in [-0.2, -0.15) is 0 Å². The summed E-state index contributed by atoms with van der Waals surface area (Å²) in [5.74, 6) is 0.425. The van der Waals surface area contributed by atoms with E-state index >= 15 is 0 Å². The minimum absolute atomic E-state index is 0.293. The van der Waals surface area contributed by atoms with Crippen LogP contribution in [0, 0.1) is 10.8 Å². The molecule has 0 saturated carbocycles. The van der Waals surface area contributed by atoms with E-state index in [-0.39, 0.29) is 0 Å². The first-order chi connectivity index (χ1) is 11.5. The first-order valence-electron chi connectivity index (χ1n) is 8.61. The van der Waals surface area contributed by atoms with Crippen LogP contribution in [-0.4, -0.2) is 4.89 Å². The zero-order valence-corrected chi connectivity index (χ0v) is 17.0. The predicted octanol–water partition coefficient (Wildman–Crippen LogP) is 6.09. The van der Waals surface area contributed by atoms with Gasteiger partial charge in [0.25, 0.3) is 0 Å². The summed E-state index contributed by atoms with van der Waals surface area (Å²) >= 11 is 0.